The number of ether oxygens (including phenoxy) is 1. The van der Waals surface area contributed by atoms with Gasteiger partial charge in [-0.2, -0.15) is 0 Å². The molecule has 0 bridgehead atoms. The molecule has 0 radical (unpaired) electrons. The fourth-order valence-electron chi connectivity index (χ4n) is 3.18. The van der Waals surface area contributed by atoms with Gasteiger partial charge in [0.15, 0.2) is 0 Å². The quantitative estimate of drug-likeness (QED) is 0.508. The van der Waals surface area contributed by atoms with Crippen LogP contribution in [0.1, 0.15) is 61.0 Å². The van der Waals surface area contributed by atoms with Gasteiger partial charge >= 0.3 is 5.97 Å². The van der Waals surface area contributed by atoms with Crippen LogP contribution < -0.4 is 0 Å². The van der Waals surface area contributed by atoms with Crippen LogP contribution >= 0.6 is 0 Å². The van der Waals surface area contributed by atoms with Crippen molar-refractivity contribution in [3.63, 3.8) is 0 Å². The van der Waals surface area contributed by atoms with Crippen molar-refractivity contribution in [2.75, 3.05) is 6.61 Å². The summed E-state index contributed by atoms with van der Waals surface area (Å²) in [5, 5.41) is 0. The van der Waals surface area contributed by atoms with Crippen LogP contribution in [-0.4, -0.2) is 12.6 Å². The zero-order chi connectivity index (χ0) is 17.9. The van der Waals surface area contributed by atoms with E-state index in [9.17, 15) is 4.79 Å². The summed E-state index contributed by atoms with van der Waals surface area (Å²) in [7, 11) is 0. The Kier molecular flexibility index (Phi) is 8.24. The van der Waals surface area contributed by atoms with E-state index in [1.807, 2.05) is 19.1 Å². The molecule has 1 atom stereocenters. The molecular weight excluding hydrogens is 308 g/mol. The van der Waals surface area contributed by atoms with E-state index in [0.717, 1.165) is 12.3 Å². The monoisotopic (exact) mass is 338 g/mol. The molecule has 0 aromatic heterocycles. The molecule has 0 heterocycles. The van der Waals surface area contributed by atoms with Crippen LogP contribution in [0, 0.1) is 5.92 Å². The second kappa shape index (κ2) is 10.7. The van der Waals surface area contributed by atoms with E-state index < -0.39 is 0 Å². The van der Waals surface area contributed by atoms with Gasteiger partial charge < -0.3 is 4.74 Å². The van der Waals surface area contributed by atoms with Gasteiger partial charge in [-0.05, 0) is 61.8 Å². The standard InChI is InChI=1S/C23H30O2/c1-3-19(13-14-20-9-6-5-7-10-20)11-8-12-21-15-17-22(18-16-21)23(24)25-4-2/h5-7,9-10,15-19H,3-4,8,11-14H2,1-2H3. The SMILES string of the molecule is CCOC(=O)c1ccc(CCCC(CC)CCc2ccccc2)cc1. The number of benzene rings is 2. The number of carbonyl (C=O) groups is 1. The molecular formula is C23H30O2. The van der Waals surface area contributed by atoms with Crippen molar-refractivity contribution in [2.45, 2.75) is 52.4 Å². The van der Waals surface area contributed by atoms with E-state index >= 15 is 0 Å². The lowest BCUT2D eigenvalue weighted by atomic mass is 9.91. The van der Waals surface area contributed by atoms with E-state index in [4.69, 9.17) is 4.74 Å². The molecule has 134 valence electrons. The van der Waals surface area contributed by atoms with E-state index in [0.29, 0.717) is 12.2 Å². The Morgan fingerprint density at radius 1 is 0.880 bits per heavy atom. The summed E-state index contributed by atoms with van der Waals surface area (Å²) in [6.07, 6.45) is 7.23. The Hall–Kier alpha value is -2.09. The minimum Gasteiger partial charge on any atom is -0.462 e. The van der Waals surface area contributed by atoms with Crippen molar-refractivity contribution in [1.29, 1.82) is 0 Å². The zero-order valence-electron chi connectivity index (χ0n) is 15.5. The van der Waals surface area contributed by atoms with Crippen LogP contribution in [0.25, 0.3) is 0 Å². The Balaban J connectivity index is 1.73. The first kappa shape index (κ1) is 19.2. The molecule has 0 N–H and O–H groups in total. The van der Waals surface area contributed by atoms with Gasteiger partial charge in [0.25, 0.3) is 0 Å². The highest BCUT2D eigenvalue weighted by atomic mass is 16.5. The highest BCUT2D eigenvalue weighted by Crippen LogP contribution is 2.20. The number of hydrogen-bond donors (Lipinski definition) is 0. The van der Waals surface area contributed by atoms with Crippen molar-refractivity contribution in [1.82, 2.24) is 0 Å². The third-order valence-electron chi connectivity index (χ3n) is 4.80. The Bertz CT molecular complexity index is 616. The van der Waals surface area contributed by atoms with Crippen molar-refractivity contribution in [2.24, 2.45) is 5.92 Å². The van der Waals surface area contributed by atoms with Crippen molar-refractivity contribution in [3.8, 4) is 0 Å². The minimum atomic E-state index is -0.235. The molecule has 0 fully saturated rings. The summed E-state index contributed by atoms with van der Waals surface area (Å²) in [6.45, 7) is 4.54. The van der Waals surface area contributed by atoms with Crippen LogP contribution in [0.3, 0.4) is 0 Å². The third kappa shape index (κ3) is 6.74. The Morgan fingerprint density at radius 3 is 2.20 bits per heavy atom. The molecule has 2 heteroatoms. The maximum atomic E-state index is 11.7. The molecule has 1 unspecified atom stereocenters. The van der Waals surface area contributed by atoms with E-state index in [1.165, 1.54) is 43.2 Å². The lowest BCUT2D eigenvalue weighted by Gasteiger charge is -2.15. The maximum absolute atomic E-state index is 11.7. The van der Waals surface area contributed by atoms with Crippen LogP contribution in [0.4, 0.5) is 0 Å². The van der Waals surface area contributed by atoms with Gasteiger partial charge in [0.1, 0.15) is 0 Å². The number of carbonyl (C=O) groups excluding carboxylic acids is 1. The molecule has 25 heavy (non-hydrogen) atoms. The van der Waals surface area contributed by atoms with Gasteiger partial charge in [-0.1, -0.05) is 62.2 Å². The summed E-state index contributed by atoms with van der Waals surface area (Å²) in [5.41, 5.74) is 3.38. The second-order valence-electron chi connectivity index (χ2n) is 6.61. The summed E-state index contributed by atoms with van der Waals surface area (Å²) in [5.74, 6) is 0.556. The van der Waals surface area contributed by atoms with Crippen molar-refractivity contribution in [3.05, 3.63) is 71.3 Å². The van der Waals surface area contributed by atoms with E-state index in [1.54, 1.807) is 0 Å². The second-order valence-corrected chi connectivity index (χ2v) is 6.61. The summed E-state index contributed by atoms with van der Waals surface area (Å²) in [6, 6.07) is 18.6. The lowest BCUT2D eigenvalue weighted by molar-refractivity contribution is 0.0526. The molecule has 0 amide bonds. The molecule has 0 aliphatic heterocycles. The first-order valence-electron chi connectivity index (χ1n) is 9.53. The third-order valence-corrected chi connectivity index (χ3v) is 4.80. The maximum Gasteiger partial charge on any atom is 0.338 e. The minimum absolute atomic E-state index is 0.235. The van der Waals surface area contributed by atoms with Crippen molar-refractivity contribution >= 4 is 5.97 Å². The number of hydrogen-bond acceptors (Lipinski definition) is 2. The van der Waals surface area contributed by atoms with Crippen LogP contribution in [-0.2, 0) is 17.6 Å². The normalized spacial score (nSPS) is 11.9. The lowest BCUT2D eigenvalue weighted by Crippen LogP contribution is -2.04. The average molecular weight is 338 g/mol. The van der Waals surface area contributed by atoms with E-state index in [2.05, 4.69) is 49.4 Å². The van der Waals surface area contributed by atoms with Crippen molar-refractivity contribution < 1.29 is 9.53 Å². The molecule has 0 aliphatic carbocycles. The Morgan fingerprint density at radius 2 is 1.56 bits per heavy atom. The van der Waals surface area contributed by atoms with Gasteiger partial charge in [0, 0.05) is 0 Å². The van der Waals surface area contributed by atoms with Gasteiger partial charge in [-0.15, -0.1) is 0 Å². The number of rotatable bonds is 10. The topological polar surface area (TPSA) is 26.3 Å². The van der Waals surface area contributed by atoms with Crippen LogP contribution in [0.5, 0.6) is 0 Å². The summed E-state index contributed by atoms with van der Waals surface area (Å²) in [4.78, 5) is 11.7. The fourth-order valence-corrected chi connectivity index (χ4v) is 3.18. The number of esters is 1. The number of aryl methyl sites for hydroxylation is 2. The zero-order valence-corrected chi connectivity index (χ0v) is 15.5. The van der Waals surface area contributed by atoms with Gasteiger partial charge in [-0.3, -0.25) is 0 Å². The molecule has 2 rings (SSSR count). The molecule has 2 nitrogen and oxygen atoms in total. The average Bonchev–Trinajstić information content (AvgIpc) is 2.66. The smallest absolute Gasteiger partial charge is 0.338 e. The Labute approximate surface area is 152 Å². The largest absolute Gasteiger partial charge is 0.462 e. The molecule has 2 aromatic rings. The summed E-state index contributed by atoms with van der Waals surface area (Å²) >= 11 is 0. The van der Waals surface area contributed by atoms with Gasteiger partial charge in [0.05, 0.1) is 12.2 Å². The molecule has 0 saturated heterocycles. The van der Waals surface area contributed by atoms with Crippen LogP contribution in [0.15, 0.2) is 54.6 Å². The molecule has 0 aliphatic rings. The highest BCUT2D eigenvalue weighted by molar-refractivity contribution is 5.89. The predicted octanol–water partition coefficient (Wildman–Crippen LogP) is 5.85. The first-order valence-corrected chi connectivity index (χ1v) is 9.53. The highest BCUT2D eigenvalue weighted by Gasteiger charge is 2.08. The molecule has 0 saturated carbocycles. The molecule has 2 aromatic carbocycles. The van der Waals surface area contributed by atoms with Crippen LogP contribution in [0.2, 0.25) is 0 Å². The predicted molar refractivity (Wildman–Crippen MR) is 104 cm³/mol. The van der Waals surface area contributed by atoms with Gasteiger partial charge in [0.2, 0.25) is 0 Å². The first-order chi connectivity index (χ1) is 12.2. The van der Waals surface area contributed by atoms with E-state index in [-0.39, 0.29) is 5.97 Å². The summed E-state index contributed by atoms with van der Waals surface area (Å²) < 4.78 is 5.02. The van der Waals surface area contributed by atoms with Gasteiger partial charge in [-0.25, -0.2) is 4.79 Å². The fraction of sp³-hybridized carbons (Fsp3) is 0.435. The molecule has 0 spiro atoms.